The van der Waals surface area contributed by atoms with Crippen molar-refractivity contribution in [1.29, 1.82) is 0 Å². The van der Waals surface area contributed by atoms with Gasteiger partial charge in [-0.15, -0.1) is 0 Å². The maximum Gasteiger partial charge on any atom is 0.217 e. The van der Waals surface area contributed by atoms with Crippen molar-refractivity contribution in [2.24, 2.45) is 0 Å². The number of nitrogens with one attached hydrogen (secondary N) is 1. The van der Waals surface area contributed by atoms with E-state index >= 15 is 0 Å². The summed E-state index contributed by atoms with van der Waals surface area (Å²) in [5.41, 5.74) is 0. The molecule has 36 heavy (non-hydrogen) atoms. The van der Waals surface area contributed by atoms with Crippen LogP contribution in [0.3, 0.4) is 0 Å². The molecule has 1 unspecified atom stereocenters. The first-order chi connectivity index (χ1) is 16.9. The first-order valence-electron chi connectivity index (χ1n) is 11.4. The van der Waals surface area contributed by atoms with Crippen molar-refractivity contribution in [3.05, 3.63) is 0 Å². The average Bonchev–Trinajstić information content (AvgIpc) is 2.83. The second-order valence-electron chi connectivity index (χ2n) is 9.05. The molecule has 3 rings (SSSR count). The molecule has 0 radical (unpaired) electrons. The molecule has 3 aliphatic heterocycles. The summed E-state index contributed by atoms with van der Waals surface area (Å²) in [6, 6.07) is -1.34. The van der Waals surface area contributed by atoms with Gasteiger partial charge in [-0.05, 0) is 6.92 Å². The van der Waals surface area contributed by atoms with E-state index in [1.807, 2.05) is 0 Å². The van der Waals surface area contributed by atoms with Crippen LogP contribution in [0.1, 0.15) is 13.8 Å². The summed E-state index contributed by atoms with van der Waals surface area (Å²) in [7, 11) is 0. The van der Waals surface area contributed by atoms with E-state index in [9.17, 15) is 50.8 Å². The van der Waals surface area contributed by atoms with Crippen molar-refractivity contribution in [2.75, 3.05) is 13.2 Å². The van der Waals surface area contributed by atoms with E-state index in [-0.39, 0.29) is 0 Å². The molecule has 0 spiro atoms. The predicted octanol–water partition coefficient (Wildman–Crippen LogP) is -6.40. The van der Waals surface area contributed by atoms with Gasteiger partial charge in [0.2, 0.25) is 5.91 Å². The SMILES string of the molecule is CC(=O)N[C@@H]1C(O)O[C@H](CO)[C@@H](O)[C@@H]1O[C@@H]1O[C@@H](C)[C@H](O)[C@@H](O[C@H]2O[C@H](CO)[C@@H](O)[C@H](O)[C@H]2O)[C@H]1O. The lowest BCUT2D eigenvalue weighted by atomic mass is 9.95. The molecular weight excluding hydrogens is 494 g/mol. The summed E-state index contributed by atoms with van der Waals surface area (Å²) in [6.45, 7) is 1.10. The minimum Gasteiger partial charge on any atom is -0.394 e. The Kier molecular flexibility index (Phi) is 9.97. The van der Waals surface area contributed by atoms with Gasteiger partial charge in [-0.1, -0.05) is 0 Å². The van der Waals surface area contributed by atoms with E-state index in [0.29, 0.717) is 0 Å². The van der Waals surface area contributed by atoms with E-state index in [4.69, 9.17) is 23.7 Å². The van der Waals surface area contributed by atoms with E-state index < -0.39 is 111 Å². The Morgan fingerprint density at radius 2 is 1.28 bits per heavy atom. The number of hydrogen-bond acceptors (Lipinski definition) is 15. The number of carbonyl (C=O) groups is 1. The standard InChI is InChI=1S/C20H35NO15/c1-5-10(25)17(36-19-14(29)13(28)11(26)7(3-22)34-19)15(30)20(32-5)35-16-9(21-6(2)24)18(31)33-8(4-23)12(16)27/h5,7-20,22-23,25-31H,3-4H2,1-2H3,(H,21,24)/t5-,7+,8+,9-,10-,11+,12+,13-,14+,15+,16+,17+,18?,19+,20-/m0/s1. The maximum absolute atomic E-state index is 11.6. The van der Waals surface area contributed by atoms with Crippen LogP contribution in [0.2, 0.25) is 0 Å². The Bertz CT molecular complexity index is 729. The molecule has 0 aromatic carbocycles. The number of hydrogen-bond donors (Lipinski definition) is 10. The highest BCUT2D eigenvalue weighted by molar-refractivity contribution is 5.73. The molecule has 0 aromatic heterocycles. The van der Waals surface area contributed by atoms with E-state index in [0.717, 1.165) is 6.92 Å². The van der Waals surface area contributed by atoms with Gasteiger partial charge in [0, 0.05) is 6.92 Å². The van der Waals surface area contributed by atoms with Gasteiger partial charge in [0.25, 0.3) is 0 Å². The predicted molar refractivity (Wildman–Crippen MR) is 111 cm³/mol. The summed E-state index contributed by atoms with van der Waals surface area (Å²) in [4.78, 5) is 11.6. The number of carbonyl (C=O) groups excluding carboxylic acids is 1. The van der Waals surface area contributed by atoms with Gasteiger partial charge in [0.15, 0.2) is 18.9 Å². The summed E-state index contributed by atoms with van der Waals surface area (Å²) in [5.74, 6) is -0.608. The van der Waals surface area contributed by atoms with Crippen molar-refractivity contribution < 1.29 is 74.4 Å². The molecular formula is C20H35NO15. The van der Waals surface area contributed by atoms with Crippen LogP contribution in [0.25, 0.3) is 0 Å². The Morgan fingerprint density at radius 3 is 1.86 bits per heavy atom. The fraction of sp³-hybridized carbons (Fsp3) is 0.950. The fourth-order valence-electron chi connectivity index (χ4n) is 4.39. The molecule has 3 saturated heterocycles. The monoisotopic (exact) mass is 529 g/mol. The molecule has 0 aromatic rings. The van der Waals surface area contributed by atoms with Crippen molar-refractivity contribution in [1.82, 2.24) is 5.32 Å². The molecule has 0 saturated carbocycles. The number of aliphatic hydroxyl groups is 9. The Hall–Kier alpha value is -1.09. The number of rotatable bonds is 7. The molecule has 15 atom stereocenters. The highest BCUT2D eigenvalue weighted by atomic mass is 16.7. The van der Waals surface area contributed by atoms with Crippen LogP contribution in [0, 0.1) is 0 Å². The Balaban J connectivity index is 1.80. The van der Waals surface area contributed by atoms with E-state index in [1.54, 1.807) is 0 Å². The molecule has 3 fully saturated rings. The molecule has 210 valence electrons. The minimum atomic E-state index is -1.82. The highest BCUT2D eigenvalue weighted by Gasteiger charge is 2.53. The van der Waals surface area contributed by atoms with Gasteiger partial charge < -0.3 is 75.0 Å². The third-order valence-electron chi connectivity index (χ3n) is 6.46. The van der Waals surface area contributed by atoms with Crippen LogP contribution < -0.4 is 5.32 Å². The average molecular weight is 529 g/mol. The zero-order chi connectivity index (χ0) is 26.9. The summed E-state index contributed by atoms with van der Waals surface area (Å²) >= 11 is 0. The zero-order valence-corrected chi connectivity index (χ0v) is 19.5. The molecule has 16 nitrogen and oxygen atoms in total. The van der Waals surface area contributed by atoms with E-state index in [1.165, 1.54) is 6.92 Å². The quantitative estimate of drug-likeness (QED) is 0.147. The van der Waals surface area contributed by atoms with Gasteiger partial charge in [-0.25, -0.2) is 0 Å². The normalized spacial score (nSPS) is 50.0. The second kappa shape index (κ2) is 12.2. The summed E-state index contributed by atoms with van der Waals surface area (Å²) < 4.78 is 27.1. The topological polar surface area (TPSA) is 257 Å². The molecule has 1 amide bonds. The van der Waals surface area contributed by atoms with Gasteiger partial charge >= 0.3 is 0 Å². The van der Waals surface area contributed by atoms with Gasteiger partial charge in [-0.2, -0.15) is 0 Å². The van der Waals surface area contributed by atoms with E-state index in [2.05, 4.69) is 5.32 Å². The van der Waals surface area contributed by atoms with Crippen LogP contribution in [-0.2, 0) is 28.5 Å². The fourth-order valence-corrected chi connectivity index (χ4v) is 4.39. The van der Waals surface area contributed by atoms with Crippen LogP contribution in [0.15, 0.2) is 0 Å². The lowest BCUT2D eigenvalue weighted by Gasteiger charge is -2.48. The van der Waals surface area contributed by atoms with Gasteiger partial charge in [0.1, 0.15) is 67.1 Å². The number of amides is 1. The van der Waals surface area contributed by atoms with Crippen molar-refractivity contribution in [2.45, 2.75) is 106 Å². The third kappa shape index (κ3) is 5.97. The van der Waals surface area contributed by atoms with Crippen LogP contribution >= 0.6 is 0 Å². The van der Waals surface area contributed by atoms with Crippen LogP contribution in [0.5, 0.6) is 0 Å². The maximum atomic E-state index is 11.6. The van der Waals surface area contributed by atoms with Crippen molar-refractivity contribution in [3.8, 4) is 0 Å². The first kappa shape index (κ1) is 29.5. The van der Waals surface area contributed by atoms with Crippen LogP contribution in [0.4, 0.5) is 0 Å². The smallest absolute Gasteiger partial charge is 0.217 e. The molecule has 10 N–H and O–H groups in total. The number of aliphatic hydroxyl groups excluding tert-OH is 9. The second-order valence-corrected chi connectivity index (χ2v) is 9.05. The molecule has 3 aliphatic rings. The first-order valence-corrected chi connectivity index (χ1v) is 11.4. The summed E-state index contributed by atoms with van der Waals surface area (Å²) in [6.07, 6.45) is -21.9. The lowest BCUT2D eigenvalue weighted by molar-refractivity contribution is -0.370. The van der Waals surface area contributed by atoms with Crippen molar-refractivity contribution >= 4 is 5.91 Å². The molecule has 16 heteroatoms. The Labute approximate surface area is 205 Å². The highest BCUT2D eigenvalue weighted by Crippen LogP contribution is 2.32. The van der Waals surface area contributed by atoms with Gasteiger partial charge in [-0.3, -0.25) is 4.79 Å². The van der Waals surface area contributed by atoms with Crippen molar-refractivity contribution in [3.63, 3.8) is 0 Å². The van der Waals surface area contributed by atoms with Crippen LogP contribution in [-0.4, -0.2) is 157 Å². The third-order valence-corrected chi connectivity index (χ3v) is 6.46. The molecule has 0 aliphatic carbocycles. The largest absolute Gasteiger partial charge is 0.394 e. The zero-order valence-electron chi connectivity index (χ0n) is 19.5. The lowest BCUT2D eigenvalue weighted by Crippen LogP contribution is -2.68. The number of ether oxygens (including phenoxy) is 5. The summed E-state index contributed by atoms with van der Waals surface area (Å²) in [5, 5.41) is 93.7. The molecule has 0 bridgehead atoms. The van der Waals surface area contributed by atoms with Gasteiger partial charge in [0.05, 0.1) is 19.3 Å². The minimum absolute atomic E-state index is 0.608. The molecule has 3 heterocycles. The Morgan fingerprint density at radius 1 is 0.722 bits per heavy atom.